The minimum Gasteiger partial charge on any atom is -0.369 e. The van der Waals surface area contributed by atoms with Crippen molar-refractivity contribution in [2.45, 2.75) is 27.2 Å². The topological polar surface area (TPSA) is 41.1 Å². The van der Waals surface area contributed by atoms with Gasteiger partial charge in [-0.05, 0) is 47.8 Å². The summed E-state index contributed by atoms with van der Waals surface area (Å²) in [5.74, 6) is 1.73. The van der Waals surface area contributed by atoms with Crippen LogP contribution in [0.3, 0.4) is 0 Å². The fraction of sp³-hybridized carbons (Fsp3) is 0.375. The summed E-state index contributed by atoms with van der Waals surface area (Å²) < 4.78 is 0.906. The first-order valence-electron chi connectivity index (χ1n) is 7.26. The van der Waals surface area contributed by atoms with Crippen LogP contribution in [0.25, 0.3) is 0 Å². The second-order valence-electron chi connectivity index (χ2n) is 4.82. The predicted molar refractivity (Wildman–Crippen MR) is 92.4 cm³/mol. The molecule has 0 bridgehead atoms. The highest BCUT2D eigenvalue weighted by Gasteiger charge is 2.16. The van der Waals surface area contributed by atoms with Crippen molar-refractivity contribution < 1.29 is 0 Å². The summed E-state index contributed by atoms with van der Waals surface area (Å²) in [6.45, 7) is 8.11. The maximum atomic E-state index is 4.46. The molecule has 0 unspecified atom stereocenters. The number of benzene rings is 1. The molecular weight excluding hydrogens is 328 g/mol. The predicted octanol–water partition coefficient (Wildman–Crippen LogP) is 4.53. The van der Waals surface area contributed by atoms with Crippen LogP contribution in [-0.2, 0) is 0 Å². The van der Waals surface area contributed by atoms with Crippen molar-refractivity contribution in [3.8, 4) is 0 Å². The highest BCUT2D eigenvalue weighted by atomic mass is 79.9. The number of para-hydroxylation sites is 1. The molecule has 1 N–H and O–H groups in total. The fourth-order valence-corrected chi connectivity index (χ4v) is 2.77. The van der Waals surface area contributed by atoms with Crippen LogP contribution in [0.4, 0.5) is 17.3 Å². The molecule has 0 radical (unpaired) electrons. The Kier molecular flexibility index (Phi) is 5.56. The van der Waals surface area contributed by atoms with Crippen LogP contribution < -0.4 is 10.2 Å². The van der Waals surface area contributed by atoms with Gasteiger partial charge < -0.3 is 10.2 Å². The molecule has 4 nitrogen and oxygen atoms in total. The van der Waals surface area contributed by atoms with Crippen LogP contribution in [0, 0.1) is 6.92 Å². The van der Waals surface area contributed by atoms with Gasteiger partial charge in [0.25, 0.3) is 0 Å². The SMILES string of the molecule is CCCNc1ncnc(N(CC)c2ccccc2C)c1Br. The summed E-state index contributed by atoms with van der Waals surface area (Å²) in [4.78, 5) is 11.0. The smallest absolute Gasteiger partial charge is 0.152 e. The lowest BCUT2D eigenvalue weighted by Gasteiger charge is -2.25. The molecule has 0 aliphatic heterocycles. The number of hydrogen-bond acceptors (Lipinski definition) is 4. The van der Waals surface area contributed by atoms with Crippen LogP contribution in [0.1, 0.15) is 25.8 Å². The Morgan fingerprint density at radius 3 is 2.62 bits per heavy atom. The van der Waals surface area contributed by atoms with Gasteiger partial charge in [0.15, 0.2) is 5.82 Å². The molecule has 0 aliphatic rings. The Morgan fingerprint density at radius 1 is 1.19 bits per heavy atom. The van der Waals surface area contributed by atoms with Crippen LogP contribution in [0.5, 0.6) is 0 Å². The lowest BCUT2D eigenvalue weighted by atomic mass is 10.2. The molecule has 5 heteroatoms. The van der Waals surface area contributed by atoms with E-state index < -0.39 is 0 Å². The zero-order valence-corrected chi connectivity index (χ0v) is 14.3. The molecule has 1 heterocycles. The van der Waals surface area contributed by atoms with E-state index >= 15 is 0 Å². The van der Waals surface area contributed by atoms with Gasteiger partial charge in [0.2, 0.25) is 0 Å². The summed E-state index contributed by atoms with van der Waals surface area (Å²) in [5, 5.41) is 3.32. The average molecular weight is 349 g/mol. The number of hydrogen-bond donors (Lipinski definition) is 1. The highest BCUT2D eigenvalue weighted by molar-refractivity contribution is 9.10. The average Bonchev–Trinajstić information content (AvgIpc) is 2.50. The third-order valence-electron chi connectivity index (χ3n) is 3.29. The van der Waals surface area contributed by atoms with E-state index in [1.807, 2.05) is 0 Å². The number of anilines is 3. The van der Waals surface area contributed by atoms with E-state index in [0.29, 0.717) is 0 Å². The maximum absolute atomic E-state index is 4.46. The quantitative estimate of drug-likeness (QED) is 0.832. The first-order chi connectivity index (χ1) is 10.2. The van der Waals surface area contributed by atoms with Crippen LogP contribution in [0.2, 0.25) is 0 Å². The van der Waals surface area contributed by atoms with Gasteiger partial charge in [-0.3, -0.25) is 0 Å². The van der Waals surface area contributed by atoms with Gasteiger partial charge in [0, 0.05) is 18.8 Å². The Bertz CT molecular complexity index is 601. The van der Waals surface area contributed by atoms with Gasteiger partial charge in [-0.1, -0.05) is 25.1 Å². The van der Waals surface area contributed by atoms with E-state index in [1.165, 1.54) is 11.3 Å². The minimum atomic E-state index is 0.841. The molecule has 0 amide bonds. The van der Waals surface area contributed by atoms with Gasteiger partial charge in [-0.2, -0.15) is 0 Å². The third-order valence-corrected chi connectivity index (χ3v) is 4.02. The van der Waals surface area contributed by atoms with Crippen molar-refractivity contribution in [2.75, 3.05) is 23.3 Å². The summed E-state index contributed by atoms with van der Waals surface area (Å²) in [6.07, 6.45) is 2.67. The Morgan fingerprint density at radius 2 is 1.95 bits per heavy atom. The molecule has 21 heavy (non-hydrogen) atoms. The molecule has 2 aromatic rings. The lowest BCUT2D eigenvalue weighted by Crippen LogP contribution is -2.19. The standard InChI is InChI=1S/C16H21BrN4/c1-4-10-18-15-14(17)16(20-11-19-15)21(5-2)13-9-7-6-8-12(13)3/h6-9,11H,4-5,10H2,1-3H3,(H,18,19,20). The van der Waals surface area contributed by atoms with E-state index in [4.69, 9.17) is 0 Å². The van der Waals surface area contributed by atoms with Crippen molar-refractivity contribution in [1.29, 1.82) is 0 Å². The molecule has 0 saturated carbocycles. The molecule has 112 valence electrons. The number of rotatable bonds is 6. The van der Waals surface area contributed by atoms with Gasteiger partial charge in [-0.25, -0.2) is 9.97 Å². The molecule has 2 rings (SSSR count). The number of halogens is 1. The molecular formula is C16H21BrN4. The van der Waals surface area contributed by atoms with Gasteiger partial charge in [0.1, 0.15) is 16.6 Å². The maximum Gasteiger partial charge on any atom is 0.152 e. The Labute approximate surface area is 134 Å². The molecule has 1 aromatic carbocycles. The molecule has 0 aliphatic carbocycles. The fourth-order valence-electron chi connectivity index (χ4n) is 2.22. The Hall–Kier alpha value is -1.62. The van der Waals surface area contributed by atoms with E-state index in [9.17, 15) is 0 Å². The van der Waals surface area contributed by atoms with Crippen molar-refractivity contribution in [3.63, 3.8) is 0 Å². The zero-order valence-electron chi connectivity index (χ0n) is 12.7. The van der Waals surface area contributed by atoms with Crippen molar-refractivity contribution >= 4 is 33.3 Å². The normalized spacial score (nSPS) is 10.5. The number of aromatic nitrogens is 2. The first-order valence-corrected chi connectivity index (χ1v) is 8.05. The third kappa shape index (κ3) is 3.53. The molecule has 0 saturated heterocycles. The largest absolute Gasteiger partial charge is 0.369 e. The zero-order chi connectivity index (χ0) is 15.2. The number of aryl methyl sites for hydroxylation is 1. The van der Waals surface area contributed by atoms with Gasteiger partial charge >= 0.3 is 0 Å². The van der Waals surface area contributed by atoms with Gasteiger partial charge in [0.05, 0.1) is 0 Å². The lowest BCUT2D eigenvalue weighted by molar-refractivity contribution is 0.941. The molecule has 0 atom stereocenters. The van der Waals surface area contributed by atoms with Crippen molar-refractivity contribution in [2.24, 2.45) is 0 Å². The molecule has 1 aromatic heterocycles. The van der Waals surface area contributed by atoms with Crippen molar-refractivity contribution in [3.05, 3.63) is 40.6 Å². The van der Waals surface area contributed by atoms with E-state index in [0.717, 1.165) is 35.6 Å². The number of nitrogens with one attached hydrogen (secondary N) is 1. The summed E-state index contributed by atoms with van der Waals surface area (Å²) >= 11 is 3.65. The van der Waals surface area contributed by atoms with E-state index in [1.54, 1.807) is 6.33 Å². The summed E-state index contributed by atoms with van der Waals surface area (Å²) in [6, 6.07) is 8.34. The van der Waals surface area contributed by atoms with Gasteiger partial charge in [-0.15, -0.1) is 0 Å². The Balaban J connectivity index is 2.41. The second kappa shape index (κ2) is 7.41. The van der Waals surface area contributed by atoms with Crippen molar-refractivity contribution in [1.82, 2.24) is 9.97 Å². The van der Waals surface area contributed by atoms with Crippen LogP contribution in [-0.4, -0.2) is 23.1 Å². The second-order valence-corrected chi connectivity index (χ2v) is 5.61. The van der Waals surface area contributed by atoms with E-state index in [-0.39, 0.29) is 0 Å². The first kappa shape index (κ1) is 15.8. The van der Waals surface area contributed by atoms with Crippen LogP contribution >= 0.6 is 15.9 Å². The molecule has 0 spiro atoms. The van der Waals surface area contributed by atoms with E-state index in [2.05, 4.69) is 81.2 Å². The monoisotopic (exact) mass is 348 g/mol. The number of nitrogens with zero attached hydrogens (tertiary/aromatic N) is 3. The van der Waals surface area contributed by atoms with Crippen LogP contribution in [0.15, 0.2) is 35.1 Å². The molecule has 0 fully saturated rings. The highest BCUT2D eigenvalue weighted by Crippen LogP contribution is 2.34. The minimum absolute atomic E-state index is 0.841. The summed E-state index contributed by atoms with van der Waals surface area (Å²) in [7, 11) is 0. The summed E-state index contributed by atoms with van der Waals surface area (Å²) in [5.41, 5.74) is 2.40.